The maximum atomic E-state index is 9.74. The molecule has 5 nitrogen and oxygen atoms in total. The smallest absolute Gasteiger partial charge is 0.207 e. The molecule has 0 heterocycles. The predicted molar refractivity (Wildman–Crippen MR) is 121 cm³/mol. The summed E-state index contributed by atoms with van der Waals surface area (Å²) in [6, 6.07) is 11.9. The van der Waals surface area contributed by atoms with E-state index >= 15 is 0 Å². The number of nitrogens with two attached hydrogens (primary N) is 1. The summed E-state index contributed by atoms with van der Waals surface area (Å²) in [5.74, 6) is 0.601. The SMILES string of the molecule is C=COC(=C)CCNC=O.Cc1cc(C)c(N)c(C(=N)c2cccc(P)c2)c1. The van der Waals surface area contributed by atoms with Gasteiger partial charge in [-0.25, -0.2) is 0 Å². The Bertz CT molecular complexity index is 863. The van der Waals surface area contributed by atoms with Crippen LogP contribution in [0.2, 0.25) is 0 Å². The molecule has 148 valence electrons. The number of ether oxygens (including phenoxy) is 1. The van der Waals surface area contributed by atoms with E-state index in [1.54, 1.807) is 0 Å². The number of aryl methyl sites for hydroxylation is 2. The van der Waals surface area contributed by atoms with Gasteiger partial charge in [0.25, 0.3) is 0 Å². The number of carbonyl (C=O) groups is 1. The van der Waals surface area contributed by atoms with Crippen molar-refractivity contribution in [1.29, 1.82) is 5.41 Å². The quantitative estimate of drug-likeness (QED) is 0.159. The van der Waals surface area contributed by atoms with Crippen LogP contribution in [0.15, 0.2) is 61.6 Å². The highest BCUT2D eigenvalue weighted by Gasteiger charge is 2.11. The van der Waals surface area contributed by atoms with Crippen LogP contribution in [0.25, 0.3) is 0 Å². The lowest BCUT2D eigenvalue weighted by Crippen LogP contribution is -2.12. The average molecular weight is 397 g/mol. The number of amides is 1. The van der Waals surface area contributed by atoms with Crippen molar-refractivity contribution < 1.29 is 9.53 Å². The predicted octanol–water partition coefficient (Wildman–Crippen LogP) is 3.60. The highest BCUT2D eigenvalue weighted by atomic mass is 31.0. The zero-order valence-electron chi connectivity index (χ0n) is 16.4. The van der Waals surface area contributed by atoms with Gasteiger partial charge in [0.1, 0.15) is 0 Å². The summed E-state index contributed by atoms with van der Waals surface area (Å²) in [5, 5.41) is 11.9. The Hall–Kier alpha value is -2.91. The van der Waals surface area contributed by atoms with Crippen molar-refractivity contribution in [2.45, 2.75) is 20.3 Å². The van der Waals surface area contributed by atoms with Crippen molar-refractivity contribution in [3.05, 3.63) is 83.8 Å². The number of carbonyl (C=O) groups excluding carboxylic acids is 1. The molecule has 0 aliphatic rings. The fourth-order valence-electron chi connectivity index (χ4n) is 2.48. The number of anilines is 1. The van der Waals surface area contributed by atoms with Crippen molar-refractivity contribution in [3.63, 3.8) is 0 Å². The van der Waals surface area contributed by atoms with Gasteiger partial charge in [-0.05, 0) is 36.8 Å². The zero-order chi connectivity index (χ0) is 21.1. The summed E-state index contributed by atoms with van der Waals surface area (Å²) in [7, 11) is 2.65. The molecule has 6 heteroatoms. The fourth-order valence-corrected chi connectivity index (χ4v) is 2.77. The number of hydrogen-bond acceptors (Lipinski definition) is 4. The molecule has 2 aromatic carbocycles. The van der Waals surface area contributed by atoms with E-state index < -0.39 is 0 Å². The van der Waals surface area contributed by atoms with Crippen LogP contribution in [0.4, 0.5) is 5.69 Å². The van der Waals surface area contributed by atoms with E-state index in [2.05, 4.69) is 27.7 Å². The standard InChI is InChI=1S/C15H17N2P.C7H11NO2/c1-9-6-10(2)14(16)13(7-9)15(17)11-4-3-5-12(18)8-11;1-3-10-7(2)4-5-8-6-9/h3-8,17H,16,18H2,1-2H3;3,6H,1-2,4-5H2,(H,8,9). The Morgan fingerprint density at radius 1 is 1.32 bits per heavy atom. The first-order valence-corrected chi connectivity index (χ1v) is 9.31. The highest BCUT2D eigenvalue weighted by molar-refractivity contribution is 7.27. The molecule has 1 atom stereocenters. The lowest BCUT2D eigenvalue weighted by atomic mass is 9.96. The third kappa shape index (κ3) is 7.37. The topological polar surface area (TPSA) is 88.2 Å². The maximum absolute atomic E-state index is 9.74. The first-order chi connectivity index (χ1) is 13.3. The van der Waals surface area contributed by atoms with E-state index in [0.717, 1.165) is 27.6 Å². The van der Waals surface area contributed by atoms with Crippen molar-refractivity contribution in [3.8, 4) is 0 Å². The molecule has 0 aromatic heterocycles. The summed E-state index contributed by atoms with van der Waals surface area (Å²) in [4.78, 5) is 9.74. The van der Waals surface area contributed by atoms with E-state index in [1.165, 1.54) is 6.26 Å². The summed E-state index contributed by atoms with van der Waals surface area (Å²) < 4.78 is 4.80. The Balaban J connectivity index is 0.000000336. The Morgan fingerprint density at radius 3 is 2.64 bits per heavy atom. The number of nitrogen functional groups attached to an aromatic ring is 1. The van der Waals surface area contributed by atoms with Crippen LogP contribution in [0.3, 0.4) is 0 Å². The van der Waals surface area contributed by atoms with Gasteiger partial charge in [0.15, 0.2) is 0 Å². The molecule has 0 fully saturated rings. The van der Waals surface area contributed by atoms with Crippen molar-refractivity contribution >= 4 is 32.4 Å². The summed E-state index contributed by atoms with van der Waals surface area (Å²) in [5.41, 5.74) is 11.1. The van der Waals surface area contributed by atoms with Gasteiger partial charge in [-0.15, -0.1) is 9.24 Å². The van der Waals surface area contributed by atoms with Gasteiger partial charge < -0.3 is 15.8 Å². The van der Waals surface area contributed by atoms with E-state index in [-0.39, 0.29) is 0 Å². The normalized spacial score (nSPS) is 9.54. The van der Waals surface area contributed by atoms with Crippen molar-refractivity contribution in [1.82, 2.24) is 5.32 Å². The van der Waals surface area contributed by atoms with Crippen molar-refractivity contribution in [2.75, 3.05) is 12.3 Å². The number of rotatable bonds is 8. The molecule has 4 N–H and O–H groups in total. The van der Waals surface area contributed by atoms with Crippen LogP contribution in [0.1, 0.15) is 28.7 Å². The first-order valence-electron chi connectivity index (χ1n) is 8.74. The second kappa shape index (κ2) is 11.7. The van der Waals surface area contributed by atoms with Gasteiger partial charge in [-0.1, -0.05) is 43.0 Å². The second-order valence-corrected chi connectivity index (χ2v) is 6.86. The van der Waals surface area contributed by atoms with E-state index in [1.807, 2.05) is 50.2 Å². The molecule has 28 heavy (non-hydrogen) atoms. The molecular weight excluding hydrogens is 369 g/mol. The molecule has 0 radical (unpaired) electrons. The van der Waals surface area contributed by atoms with E-state index in [9.17, 15) is 4.79 Å². The first kappa shape index (κ1) is 23.1. The third-order valence-electron chi connectivity index (χ3n) is 3.86. The van der Waals surface area contributed by atoms with Gasteiger partial charge in [0, 0.05) is 29.8 Å². The molecule has 0 bridgehead atoms. The van der Waals surface area contributed by atoms with Crippen LogP contribution in [0, 0.1) is 19.3 Å². The minimum Gasteiger partial charge on any atom is -0.471 e. The molecule has 0 aliphatic heterocycles. The van der Waals surface area contributed by atoms with Crippen LogP contribution in [0.5, 0.6) is 0 Å². The minimum atomic E-state index is 0.476. The molecule has 1 amide bonds. The van der Waals surface area contributed by atoms with E-state index in [0.29, 0.717) is 36.5 Å². The average Bonchev–Trinajstić information content (AvgIpc) is 2.65. The van der Waals surface area contributed by atoms with Gasteiger partial charge >= 0.3 is 0 Å². The van der Waals surface area contributed by atoms with E-state index in [4.69, 9.17) is 15.9 Å². The maximum Gasteiger partial charge on any atom is 0.207 e. The van der Waals surface area contributed by atoms with Crippen molar-refractivity contribution in [2.24, 2.45) is 0 Å². The zero-order valence-corrected chi connectivity index (χ0v) is 17.6. The Kier molecular flexibility index (Phi) is 9.69. The highest BCUT2D eigenvalue weighted by Crippen LogP contribution is 2.22. The summed E-state index contributed by atoms with van der Waals surface area (Å²) in [6.07, 6.45) is 2.56. The van der Waals surface area contributed by atoms with Gasteiger partial charge in [0.05, 0.1) is 17.7 Å². The van der Waals surface area contributed by atoms with Crippen LogP contribution in [-0.4, -0.2) is 18.7 Å². The summed E-state index contributed by atoms with van der Waals surface area (Å²) >= 11 is 0. The monoisotopic (exact) mass is 397 g/mol. The molecule has 2 aromatic rings. The van der Waals surface area contributed by atoms with Crippen LogP contribution >= 0.6 is 9.24 Å². The summed E-state index contributed by atoms with van der Waals surface area (Å²) in [6.45, 7) is 11.5. The number of nitrogens with one attached hydrogen (secondary N) is 2. The molecule has 0 spiro atoms. The fraction of sp³-hybridized carbons (Fsp3) is 0.182. The largest absolute Gasteiger partial charge is 0.471 e. The van der Waals surface area contributed by atoms with Crippen LogP contribution < -0.4 is 16.4 Å². The molecule has 0 saturated carbocycles. The second-order valence-electron chi connectivity index (χ2n) is 6.19. The molecule has 1 unspecified atom stereocenters. The minimum absolute atomic E-state index is 0.476. The Morgan fingerprint density at radius 2 is 2.04 bits per heavy atom. The lowest BCUT2D eigenvalue weighted by molar-refractivity contribution is -0.109. The molecule has 2 rings (SSSR count). The number of benzene rings is 2. The van der Waals surface area contributed by atoms with Gasteiger partial charge in [0.2, 0.25) is 6.41 Å². The molecular formula is C22H28N3O2P. The Labute approximate surface area is 169 Å². The third-order valence-corrected chi connectivity index (χ3v) is 4.22. The number of hydrogen-bond donors (Lipinski definition) is 3. The van der Waals surface area contributed by atoms with Crippen LogP contribution in [-0.2, 0) is 9.53 Å². The van der Waals surface area contributed by atoms with Gasteiger partial charge in [-0.3, -0.25) is 10.2 Å². The lowest BCUT2D eigenvalue weighted by Gasteiger charge is -2.12. The van der Waals surface area contributed by atoms with Gasteiger partial charge in [-0.2, -0.15) is 0 Å². The molecule has 0 saturated heterocycles. The molecule has 0 aliphatic carbocycles.